The molecule has 0 aliphatic heterocycles. The van der Waals surface area contributed by atoms with Gasteiger partial charge in [0, 0.05) is 22.9 Å². The monoisotopic (exact) mass is 321 g/mol. The highest BCUT2D eigenvalue weighted by Gasteiger charge is 2.12. The van der Waals surface area contributed by atoms with Crippen molar-refractivity contribution in [3.05, 3.63) is 65.2 Å². The number of hydrogen-bond acceptors (Lipinski definition) is 4. The molecule has 0 radical (unpaired) electrons. The molecule has 0 unspecified atom stereocenters. The molecule has 23 heavy (non-hydrogen) atoms. The van der Waals surface area contributed by atoms with Crippen LogP contribution in [-0.4, -0.2) is 22.3 Å². The van der Waals surface area contributed by atoms with Crippen LogP contribution in [0.5, 0.6) is 5.75 Å². The van der Waals surface area contributed by atoms with Crippen molar-refractivity contribution in [3.8, 4) is 16.5 Å². The lowest BCUT2D eigenvalue weighted by Gasteiger charge is -2.02. The molecule has 0 amide bonds. The molecule has 0 saturated heterocycles. The average Bonchev–Trinajstić information content (AvgIpc) is 3.21. The van der Waals surface area contributed by atoms with Crippen LogP contribution in [0.4, 0.5) is 0 Å². The molecule has 4 nitrogen and oxygen atoms in total. The normalized spacial score (nSPS) is 11.0. The number of aromatic amines is 1. The molecule has 0 fully saturated rings. The third-order valence-corrected chi connectivity index (χ3v) is 4.74. The number of para-hydroxylation sites is 1. The van der Waals surface area contributed by atoms with Gasteiger partial charge in [0.15, 0.2) is 0 Å². The lowest BCUT2D eigenvalue weighted by atomic mass is 10.1. The molecule has 0 spiro atoms. The van der Waals surface area contributed by atoms with E-state index in [0.29, 0.717) is 0 Å². The van der Waals surface area contributed by atoms with Crippen LogP contribution in [0.3, 0.4) is 0 Å². The van der Waals surface area contributed by atoms with E-state index in [0.717, 1.165) is 33.8 Å². The summed E-state index contributed by atoms with van der Waals surface area (Å²) in [6.07, 6.45) is 2.78. The van der Waals surface area contributed by atoms with Crippen molar-refractivity contribution in [2.24, 2.45) is 0 Å². The van der Waals surface area contributed by atoms with E-state index in [1.807, 2.05) is 36.5 Å². The van der Waals surface area contributed by atoms with Gasteiger partial charge in [-0.2, -0.15) is 5.10 Å². The van der Waals surface area contributed by atoms with Crippen LogP contribution < -0.4 is 4.74 Å². The van der Waals surface area contributed by atoms with Crippen LogP contribution in [0, 0.1) is 0 Å². The number of nitrogens with one attached hydrogen (secondary N) is 1. The van der Waals surface area contributed by atoms with E-state index >= 15 is 0 Å². The SMILES string of the molecule is COc1cccc(Cc2cnc(-c3n[nH]c4ccccc34)s2)c1. The molecular formula is C18H15N3OS. The Balaban J connectivity index is 1.64. The lowest BCUT2D eigenvalue weighted by Crippen LogP contribution is -1.87. The Bertz CT molecular complexity index is 957. The largest absolute Gasteiger partial charge is 0.497 e. The zero-order chi connectivity index (χ0) is 15.6. The molecule has 4 aromatic rings. The predicted molar refractivity (Wildman–Crippen MR) is 93.0 cm³/mol. The predicted octanol–water partition coefficient (Wildman–Crippen LogP) is 4.29. The van der Waals surface area contributed by atoms with Crippen molar-refractivity contribution in [1.82, 2.24) is 15.2 Å². The number of ether oxygens (including phenoxy) is 1. The molecule has 5 heteroatoms. The summed E-state index contributed by atoms with van der Waals surface area (Å²) < 4.78 is 5.28. The number of H-pyrrole nitrogens is 1. The Morgan fingerprint density at radius 3 is 2.96 bits per heavy atom. The first-order valence-electron chi connectivity index (χ1n) is 7.34. The first-order chi connectivity index (χ1) is 11.3. The highest BCUT2D eigenvalue weighted by Crippen LogP contribution is 2.30. The van der Waals surface area contributed by atoms with E-state index in [1.54, 1.807) is 18.4 Å². The second kappa shape index (κ2) is 5.85. The fraction of sp³-hybridized carbons (Fsp3) is 0.111. The molecule has 0 aliphatic rings. The number of rotatable bonds is 4. The number of aromatic nitrogens is 3. The number of methoxy groups -OCH3 is 1. The van der Waals surface area contributed by atoms with Gasteiger partial charge in [0.25, 0.3) is 0 Å². The lowest BCUT2D eigenvalue weighted by molar-refractivity contribution is 0.414. The van der Waals surface area contributed by atoms with Gasteiger partial charge in [0.05, 0.1) is 12.6 Å². The topological polar surface area (TPSA) is 50.8 Å². The van der Waals surface area contributed by atoms with E-state index in [1.165, 1.54) is 10.4 Å². The summed E-state index contributed by atoms with van der Waals surface area (Å²) in [4.78, 5) is 5.76. The molecule has 2 aromatic heterocycles. The molecule has 4 rings (SSSR count). The molecule has 0 atom stereocenters. The summed E-state index contributed by atoms with van der Waals surface area (Å²) in [6.45, 7) is 0. The molecule has 2 heterocycles. The van der Waals surface area contributed by atoms with E-state index < -0.39 is 0 Å². The second-order valence-corrected chi connectivity index (χ2v) is 6.39. The third kappa shape index (κ3) is 2.71. The number of fused-ring (bicyclic) bond motifs is 1. The summed E-state index contributed by atoms with van der Waals surface area (Å²) >= 11 is 1.68. The van der Waals surface area contributed by atoms with Gasteiger partial charge in [-0.25, -0.2) is 4.98 Å². The van der Waals surface area contributed by atoms with Crippen LogP contribution in [0.15, 0.2) is 54.7 Å². The number of nitrogens with zero attached hydrogens (tertiary/aromatic N) is 2. The molecular weight excluding hydrogens is 306 g/mol. The van der Waals surface area contributed by atoms with Crippen molar-refractivity contribution < 1.29 is 4.74 Å². The Morgan fingerprint density at radius 1 is 1.13 bits per heavy atom. The molecule has 2 aromatic carbocycles. The number of benzene rings is 2. The van der Waals surface area contributed by atoms with E-state index in [2.05, 4.69) is 33.4 Å². The number of hydrogen-bond donors (Lipinski definition) is 1. The zero-order valence-electron chi connectivity index (χ0n) is 12.6. The van der Waals surface area contributed by atoms with Gasteiger partial charge in [0.1, 0.15) is 16.5 Å². The number of thiazole rings is 1. The van der Waals surface area contributed by atoms with E-state index in [-0.39, 0.29) is 0 Å². The summed E-state index contributed by atoms with van der Waals surface area (Å²) in [7, 11) is 1.69. The van der Waals surface area contributed by atoms with Gasteiger partial charge in [-0.05, 0) is 23.8 Å². The van der Waals surface area contributed by atoms with Gasteiger partial charge in [0.2, 0.25) is 0 Å². The van der Waals surface area contributed by atoms with Gasteiger partial charge in [-0.1, -0.05) is 30.3 Å². The summed E-state index contributed by atoms with van der Waals surface area (Å²) in [5.74, 6) is 0.880. The quantitative estimate of drug-likeness (QED) is 0.610. The molecule has 0 saturated carbocycles. The maximum Gasteiger partial charge on any atom is 0.144 e. The molecule has 1 N–H and O–H groups in total. The van der Waals surface area contributed by atoms with Gasteiger partial charge < -0.3 is 4.74 Å². The van der Waals surface area contributed by atoms with Crippen LogP contribution in [-0.2, 0) is 6.42 Å². The highest BCUT2D eigenvalue weighted by molar-refractivity contribution is 7.15. The molecule has 0 aliphatic carbocycles. The maximum atomic E-state index is 5.28. The van der Waals surface area contributed by atoms with Crippen LogP contribution in [0.2, 0.25) is 0 Å². The van der Waals surface area contributed by atoms with Crippen LogP contribution in [0.25, 0.3) is 21.6 Å². The summed E-state index contributed by atoms with van der Waals surface area (Å²) in [5, 5.41) is 9.53. The maximum absolute atomic E-state index is 5.28. The first kappa shape index (κ1) is 14.0. The van der Waals surface area contributed by atoms with Crippen LogP contribution in [0.1, 0.15) is 10.4 Å². The minimum atomic E-state index is 0.844. The second-order valence-electron chi connectivity index (χ2n) is 5.28. The van der Waals surface area contributed by atoms with Crippen molar-refractivity contribution in [1.29, 1.82) is 0 Å². The van der Waals surface area contributed by atoms with Crippen molar-refractivity contribution in [3.63, 3.8) is 0 Å². The highest BCUT2D eigenvalue weighted by atomic mass is 32.1. The fourth-order valence-electron chi connectivity index (χ4n) is 2.61. The van der Waals surface area contributed by atoms with Crippen molar-refractivity contribution in [2.45, 2.75) is 6.42 Å². The minimum absolute atomic E-state index is 0.844. The molecule has 0 bridgehead atoms. The van der Waals surface area contributed by atoms with E-state index in [4.69, 9.17) is 4.74 Å². The van der Waals surface area contributed by atoms with Crippen LogP contribution >= 0.6 is 11.3 Å². The molecule has 114 valence electrons. The Labute approximate surface area is 137 Å². The Kier molecular flexibility index (Phi) is 3.55. The summed E-state index contributed by atoms with van der Waals surface area (Å²) in [5.41, 5.74) is 3.17. The minimum Gasteiger partial charge on any atom is -0.497 e. The van der Waals surface area contributed by atoms with Crippen molar-refractivity contribution >= 4 is 22.2 Å². The Morgan fingerprint density at radius 2 is 2.04 bits per heavy atom. The Hall–Kier alpha value is -2.66. The fourth-order valence-corrected chi connectivity index (χ4v) is 3.56. The van der Waals surface area contributed by atoms with Gasteiger partial charge in [-0.15, -0.1) is 11.3 Å². The van der Waals surface area contributed by atoms with Gasteiger partial charge in [-0.3, -0.25) is 5.10 Å². The third-order valence-electron chi connectivity index (χ3n) is 3.74. The standard InChI is InChI=1S/C18H15N3OS/c1-22-13-6-4-5-12(9-13)10-14-11-19-18(23-14)17-15-7-2-3-8-16(15)20-21-17/h2-9,11H,10H2,1H3,(H,20,21). The summed E-state index contributed by atoms with van der Waals surface area (Å²) in [6, 6.07) is 16.2. The van der Waals surface area contributed by atoms with Gasteiger partial charge >= 0.3 is 0 Å². The van der Waals surface area contributed by atoms with Crippen molar-refractivity contribution in [2.75, 3.05) is 7.11 Å². The smallest absolute Gasteiger partial charge is 0.144 e. The average molecular weight is 321 g/mol. The first-order valence-corrected chi connectivity index (χ1v) is 8.16. The van der Waals surface area contributed by atoms with E-state index in [9.17, 15) is 0 Å². The zero-order valence-corrected chi connectivity index (χ0v) is 13.4.